The van der Waals surface area contributed by atoms with Crippen LogP contribution >= 0.6 is 47.2 Å². The summed E-state index contributed by atoms with van der Waals surface area (Å²) in [6.07, 6.45) is 3.31. The molecule has 19 heavy (non-hydrogen) atoms. The predicted molar refractivity (Wildman–Crippen MR) is 86.5 cm³/mol. The van der Waals surface area contributed by atoms with E-state index in [9.17, 15) is 4.79 Å². The van der Waals surface area contributed by atoms with Crippen LogP contribution in [0.3, 0.4) is 0 Å². The summed E-state index contributed by atoms with van der Waals surface area (Å²) in [6.45, 7) is 4.01. The lowest BCUT2D eigenvalue weighted by molar-refractivity contribution is -0.121. The van der Waals surface area contributed by atoms with Gasteiger partial charge in [-0.15, -0.1) is 6.58 Å². The van der Waals surface area contributed by atoms with Gasteiger partial charge in [-0.2, -0.15) is 0 Å². The molecule has 1 saturated heterocycles. The van der Waals surface area contributed by atoms with E-state index in [0.29, 0.717) is 31.4 Å². The molecule has 1 aromatic rings. The van der Waals surface area contributed by atoms with Gasteiger partial charge in [0.1, 0.15) is 4.32 Å². The summed E-state index contributed by atoms with van der Waals surface area (Å²) in [6, 6.07) is 5.21. The molecule has 0 radical (unpaired) electrons. The molecule has 0 atom stereocenters. The highest BCUT2D eigenvalue weighted by Crippen LogP contribution is 2.35. The van der Waals surface area contributed by atoms with Crippen molar-refractivity contribution in [3.63, 3.8) is 0 Å². The molecule has 1 aliphatic rings. The van der Waals surface area contributed by atoms with Gasteiger partial charge in [0.25, 0.3) is 5.91 Å². The number of rotatable bonds is 3. The average Bonchev–Trinajstić information content (AvgIpc) is 2.62. The number of amides is 1. The molecule has 0 spiro atoms. The van der Waals surface area contributed by atoms with Crippen LogP contribution in [0.1, 0.15) is 5.56 Å². The Bertz CT molecular complexity index is 578. The number of nitrogens with zero attached hydrogens (tertiary/aromatic N) is 1. The number of thiocarbonyl (C=S) groups is 1. The Morgan fingerprint density at radius 2 is 2.00 bits per heavy atom. The summed E-state index contributed by atoms with van der Waals surface area (Å²) < 4.78 is 0.513. The molecule has 1 amide bonds. The zero-order valence-corrected chi connectivity index (χ0v) is 12.9. The highest BCUT2D eigenvalue weighted by Gasteiger charge is 2.31. The maximum absolute atomic E-state index is 12.1. The van der Waals surface area contributed by atoms with Crippen LogP contribution in [0.25, 0.3) is 6.08 Å². The second-order valence-electron chi connectivity index (χ2n) is 3.72. The van der Waals surface area contributed by atoms with Crippen molar-refractivity contribution in [3.8, 4) is 0 Å². The van der Waals surface area contributed by atoms with Crippen LogP contribution in [0.5, 0.6) is 0 Å². The van der Waals surface area contributed by atoms with E-state index in [4.69, 9.17) is 35.4 Å². The van der Waals surface area contributed by atoms with Crippen LogP contribution in [0.15, 0.2) is 35.8 Å². The summed E-state index contributed by atoms with van der Waals surface area (Å²) in [7, 11) is 0. The molecule has 0 N–H and O–H groups in total. The fourth-order valence-electron chi connectivity index (χ4n) is 1.57. The van der Waals surface area contributed by atoms with Crippen molar-refractivity contribution in [3.05, 3.63) is 51.4 Å². The van der Waals surface area contributed by atoms with Crippen molar-refractivity contribution < 1.29 is 4.79 Å². The Balaban J connectivity index is 2.38. The Morgan fingerprint density at radius 1 is 1.37 bits per heavy atom. The lowest BCUT2D eigenvalue weighted by Gasteiger charge is -2.10. The van der Waals surface area contributed by atoms with Crippen LogP contribution in [0.4, 0.5) is 0 Å². The van der Waals surface area contributed by atoms with Crippen LogP contribution < -0.4 is 0 Å². The lowest BCUT2D eigenvalue weighted by Crippen LogP contribution is -2.27. The molecular formula is C13H9Cl2NOS2. The number of thioether (sulfide) groups is 1. The van der Waals surface area contributed by atoms with Gasteiger partial charge in [0.05, 0.1) is 4.91 Å². The van der Waals surface area contributed by atoms with E-state index in [1.165, 1.54) is 16.7 Å². The molecule has 0 aliphatic carbocycles. The SMILES string of the molecule is C=CCN1C(=O)C(=Cc2c(Cl)cccc2Cl)SC1=S. The van der Waals surface area contributed by atoms with Crippen LogP contribution in [-0.2, 0) is 4.79 Å². The van der Waals surface area contributed by atoms with Gasteiger partial charge in [-0.05, 0) is 18.2 Å². The van der Waals surface area contributed by atoms with Gasteiger partial charge in [0, 0.05) is 22.2 Å². The van der Waals surface area contributed by atoms with Gasteiger partial charge >= 0.3 is 0 Å². The molecule has 0 unspecified atom stereocenters. The third-order valence-corrected chi connectivity index (χ3v) is 4.50. The predicted octanol–water partition coefficient (Wildman–Crippen LogP) is 4.38. The number of carbonyl (C=O) groups excluding carboxylic acids is 1. The molecule has 1 aliphatic heterocycles. The fourth-order valence-corrected chi connectivity index (χ4v) is 3.33. The van der Waals surface area contributed by atoms with Gasteiger partial charge in [-0.25, -0.2) is 0 Å². The highest BCUT2D eigenvalue weighted by atomic mass is 35.5. The Hall–Kier alpha value is -0.810. The van der Waals surface area contributed by atoms with Crippen molar-refractivity contribution >= 4 is 63.5 Å². The van der Waals surface area contributed by atoms with Crippen molar-refractivity contribution in [1.82, 2.24) is 4.90 Å². The monoisotopic (exact) mass is 329 g/mol. The van der Waals surface area contributed by atoms with E-state index in [1.54, 1.807) is 30.4 Å². The Kier molecular flexibility index (Phi) is 4.68. The van der Waals surface area contributed by atoms with Crippen molar-refractivity contribution in [2.75, 3.05) is 6.54 Å². The highest BCUT2D eigenvalue weighted by molar-refractivity contribution is 8.26. The quantitative estimate of drug-likeness (QED) is 0.466. The summed E-state index contributed by atoms with van der Waals surface area (Å²) in [4.78, 5) is 14.2. The van der Waals surface area contributed by atoms with Gasteiger partial charge in [-0.3, -0.25) is 9.69 Å². The number of benzene rings is 1. The van der Waals surface area contributed by atoms with E-state index in [1.807, 2.05) is 0 Å². The van der Waals surface area contributed by atoms with Crippen LogP contribution in [-0.4, -0.2) is 21.7 Å². The molecule has 1 heterocycles. The minimum absolute atomic E-state index is 0.147. The van der Waals surface area contributed by atoms with Gasteiger partial charge in [0.15, 0.2) is 0 Å². The first-order valence-electron chi connectivity index (χ1n) is 5.35. The molecule has 2 rings (SSSR count). The molecular weight excluding hydrogens is 321 g/mol. The largest absolute Gasteiger partial charge is 0.289 e. The maximum atomic E-state index is 12.1. The van der Waals surface area contributed by atoms with Crippen molar-refractivity contribution in [2.45, 2.75) is 0 Å². The normalized spacial score (nSPS) is 17.4. The number of hydrogen-bond donors (Lipinski definition) is 0. The topological polar surface area (TPSA) is 20.3 Å². The molecule has 0 aromatic heterocycles. The first-order valence-corrected chi connectivity index (χ1v) is 7.33. The molecule has 6 heteroatoms. The first-order chi connectivity index (χ1) is 9.04. The third kappa shape index (κ3) is 3.03. The molecule has 0 bridgehead atoms. The number of hydrogen-bond acceptors (Lipinski definition) is 3. The average molecular weight is 330 g/mol. The van der Waals surface area contributed by atoms with Gasteiger partial charge in [0.2, 0.25) is 0 Å². The minimum Gasteiger partial charge on any atom is -0.289 e. The maximum Gasteiger partial charge on any atom is 0.266 e. The van der Waals surface area contributed by atoms with Crippen molar-refractivity contribution in [1.29, 1.82) is 0 Å². The number of halogens is 2. The first kappa shape index (κ1) is 14.6. The zero-order chi connectivity index (χ0) is 14.0. The van der Waals surface area contributed by atoms with E-state index in [2.05, 4.69) is 6.58 Å². The van der Waals surface area contributed by atoms with Crippen LogP contribution in [0.2, 0.25) is 10.0 Å². The molecule has 1 aromatic carbocycles. The Morgan fingerprint density at radius 3 is 2.58 bits per heavy atom. The third-order valence-electron chi connectivity index (χ3n) is 2.46. The molecule has 0 saturated carbocycles. The van der Waals surface area contributed by atoms with Crippen LogP contribution in [0, 0.1) is 0 Å². The summed E-state index contributed by atoms with van der Waals surface area (Å²) in [5, 5.41) is 1.00. The van der Waals surface area contributed by atoms with E-state index in [0.717, 1.165) is 0 Å². The Labute approximate surface area is 131 Å². The number of carbonyl (C=O) groups is 1. The van der Waals surface area contributed by atoms with E-state index in [-0.39, 0.29) is 5.91 Å². The van der Waals surface area contributed by atoms with Crippen molar-refractivity contribution in [2.24, 2.45) is 0 Å². The lowest BCUT2D eigenvalue weighted by atomic mass is 10.2. The fraction of sp³-hybridized carbons (Fsp3) is 0.0769. The van der Waals surface area contributed by atoms with E-state index >= 15 is 0 Å². The van der Waals surface area contributed by atoms with Gasteiger partial charge in [-0.1, -0.05) is 59.3 Å². The summed E-state index contributed by atoms with van der Waals surface area (Å²) in [5.41, 5.74) is 0.630. The second kappa shape index (κ2) is 6.09. The smallest absolute Gasteiger partial charge is 0.266 e. The zero-order valence-electron chi connectivity index (χ0n) is 9.73. The van der Waals surface area contributed by atoms with Gasteiger partial charge < -0.3 is 0 Å². The summed E-state index contributed by atoms with van der Waals surface area (Å²) >= 11 is 18.5. The standard InChI is InChI=1S/C13H9Cl2NOS2/c1-2-6-16-12(17)11(19-13(16)18)7-8-9(14)4-3-5-10(8)15/h2-5,7H,1,6H2. The molecule has 1 fully saturated rings. The minimum atomic E-state index is -0.147. The second-order valence-corrected chi connectivity index (χ2v) is 6.21. The summed E-state index contributed by atoms with van der Waals surface area (Å²) in [5.74, 6) is -0.147. The molecule has 2 nitrogen and oxygen atoms in total. The molecule has 98 valence electrons. The van der Waals surface area contributed by atoms with E-state index < -0.39 is 0 Å².